The standard InChI is InChI=1S/C27H35N3O4/c1-18(2)17-28-26(32)24(29-25(31)21-8-10-23(34-4)11-9-21)20-12-14-30(15-13-20)27(33)22-7-5-6-19(3)16-22/h5-11,16,18,20,24H,12-15,17H2,1-4H3,(H,28,32)(H,29,31)/t24-/m0/s1. The summed E-state index contributed by atoms with van der Waals surface area (Å²) in [5, 5.41) is 5.92. The molecule has 1 saturated heterocycles. The number of nitrogens with one attached hydrogen (secondary N) is 2. The lowest BCUT2D eigenvalue weighted by Crippen LogP contribution is -2.54. The molecule has 1 aliphatic rings. The van der Waals surface area contributed by atoms with Crippen molar-refractivity contribution in [2.45, 2.75) is 39.7 Å². The van der Waals surface area contributed by atoms with E-state index in [0.29, 0.717) is 55.3 Å². The Hall–Kier alpha value is -3.35. The number of likely N-dealkylation sites (tertiary alicyclic amines) is 1. The minimum absolute atomic E-state index is 0.00484. The van der Waals surface area contributed by atoms with Crippen molar-refractivity contribution in [2.75, 3.05) is 26.7 Å². The van der Waals surface area contributed by atoms with Crippen LogP contribution in [0.5, 0.6) is 5.75 Å². The number of ether oxygens (including phenoxy) is 1. The van der Waals surface area contributed by atoms with Gasteiger partial charge in [0.15, 0.2) is 0 Å². The molecule has 0 aromatic heterocycles. The van der Waals surface area contributed by atoms with Crippen LogP contribution in [0.1, 0.15) is 53.0 Å². The maximum atomic E-state index is 13.1. The number of methoxy groups -OCH3 is 1. The summed E-state index contributed by atoms with van der Waals surface area (Å²) >= 11 is 0. The van der Waals surface area contributed by atoms with Gasteiger partial charge in [0, 0.05) is 30.8 Å². The van der Waals surface area contributed by atoms with Crippen LogP contribution in [0.3, 0.4) is 0 Å². The quantitative estimate of drug-likeness (QED) is 0.625. The predicted molar refractivity (Wildman–Crippen MR) is 132 cm³/mol. The highest BCUT2D eigenvalue weighted by molar-refractivity contribution is 5.98. The van der Waals surface area contributed by atoms with Crippen molar-refractivity contribution in [3.8, 4) is 5.75 Å². The summed E-state index contributed by atoms with van der Waals surface area (Å²) in [5.74, 6) is 0.426. The third kappa shape index (κ3) is 6.59. The molecule has 0 unspecified atom stereocenters. The van der Waals surface area contributed by atoms with E-state index < -0.39 is 6.04 Å². The number of hydrogen-bond acceptors (Lipinski definition) is 4. The van der Waals surface area contributed by atoms with Crippen molar-refractivity contribution in [3.63, 3.8) is 0 Å². The highest BCUT2D eigenvalue weighted by atomic mass is 16.5. The number of aryl methyl sites for hydroxylation is 1. The topological polar surface area (TPSA) is 87.7 Å². The Kier molecular flexibility index (Phi) is 8.68. The largest absolute Gasteiger partial charge is 0.497 e. The van der Waals surface area contributed by atoms with Crippen LogP contribution in [-0.2, 0) is 4.79 Å². The SMILES string of the molecule is COc1ccc(C(=O)N[C@H](C(=O)NCC(C)C)C2CCN(C(=O)c3cccc(C)c3)CC2)cc1. The van der Waals surface area contributed by atoms with Crippen molar-refractivity contribution < 1.29 is 19.1 Å². The second kappa shape index (κ2) is 11.7. The van der Waals surface area contributed by atoms with Gasteiger partial charge in [-0.25, -0.2) is 0 Å². The number of piperidine rings is 1. The molecule has 3 amide bonds. The van der Waals surface area contributed by atoms with Crippen LogP contribution in [0.4, 0.5) is 0 Å². The molecule has 2 aromatic carbocycles. The number of benzene rings is 2. The Morgan fingerprint density at radius 2 is 1.71 bits per heavy atom. The zero-order chi connectivity index (χ0) is 24.7. The smallest absolute Gasteiger partial charge is 0.253 e. The molecule has 2 aromatic rings. The molecule has 1 fully saturated rings. The summed E-state index contributed by atoms with van der Waals surface area (Å²) < 4.78 is 5.16. The molecule has 2 N–H and O–H groups in total. The summed E-state index contributed by atoms with van der Waals surface area (Å²) in [4.78, 5) is 40.7. The van der Waals surface area contributed by atoms with E-state index in [1.54, 1.807) is 31.4 Å². The summed E-state index contributed by atoms with van der Waals surface area (Å²) in [6.07, 6.45) is 1.28. The molecule has 3 rings (SSSR count). The summed E-state index contributed by atoms with van der Waals surface area (Å²) in [6.45, 7) is 7.65. The first-order chi connectivity index (χ1) is 16.3. The Morgan fingerprint density at radius 1 is 1.03 bits per heavy atom. The normalized spacial score (nSPS) is 15.0. The summed E-state index contributed by atoms with van der Waals surface area (Å²) in [7, 11) is 1.57. The van der Waals surface area contributed by atoms with Gasteiger partial charge in [-0.15, -0.1) is 0 Å². The number of carbonyl (C=O) groups excluding carboxylic acids is 3. The zero-order valence-corrected chi connectivity index (χ0v) is 20.5. The van der Waals surface area contributed by atoms with E-state index in [4.69, 9.17) is 4.74 Å². The first-order valence-corrected chi connectivity index (χ1v) is 11.9. The molecule has 0 radical (unpaired) electrons. The summed E-state index contributed by atoms with van der Waals surface area (Å²) in [5.41, 5.74) is 2.19. The van der Waals surface area contributed by atoms with Gasteiger partial charge in [0.2, 0.25) is 5.91 Å². The Morgan fingerprint density at radius 3 is 2.29 bits per heavy atom. The molecule has 1 atom stereocenters. The van der Waals surface area contributed by atoms with Crippen LogP contribution < -0.4 is 15.4 Å². The van der Waals surface area contributed by atoms with Crippen LogP contribution >= 0.6 is 0 Å². The number of hydrogen-bond donors (Lipinski definition) is 2. The van der Waals surface area contributed by atoms with E-state index in [2.05, 4.69) is 10.6 Å². The molecule has 1 heterocycles. The van der Waals surface area contributed by atoms with Crippen molar-refractivity contribution in [1.29, 1.82) is 0 Å². The fraction of sp³-hybridized carbons (Fsp3) is 0.444. The van der Waals surface area contributed by atoms with E-state index in [-0.39, 0.29) is 23.6 Å². The van der Waals surface area contributed by atoms with Gasteiger partial charge in [-0.3, -0.25) is 14.4 Å². The van der Waals surface area contributed by atoms with E-state index in [0.717, 1.165) is 5.56 Å². The van der Waals surface area contributed by atoms with Crippen LogP contribution in [0.2, 0.25) is 0 Å². The Bertz CT molecular complexity index is 995. The van der Waals surface area contributed by atoms with Gasteiger partial charge in [0.05, 0.1) is 7.11 Å². The number of carbonyl (C=O) groups is 3. The van der Waals surface area contributed by atoms with E-state index in [1.165, 1.54) is 0 Å². The van der Waals surface area contributed by atoms with E-state index in [1.807, 2.05) is 49.9 Å². The molecule has 0 saturated carbocycles. The van der Waals surface area contributed by atoms with Gasteiger partial charge in [0.25, 0.3) is 11.8 Å². The molecule has 7 nitrogen and oxygen atoms in total. The molecule has 7 heteroatoms. The minimum Gasteiger partial charge on any atom is -0.497 e. The lowest BCUT2D eigenvalue weighted by atomic mass is 9.88. The second-order valence-electron chi connectivity index (χ2n) is 9.32. The van der Waals surface area contributed by atoms with Crippen molar-refractivity contribution in [1.82, 2.24) is 15.5 Å². The average molecular weight is 466 g/mol. The van der Waals surface area contributed by atoms with E-state index >= 15 is 0 Å². The molecule has 0 bridgehead atoms. The van der Waals surface area contributed by atoms with Crippen molar-refractivity contribution in [2.24, 2.45) is 11.8 Å². The first-order valence-electron chi connectivity index (χ1n) is 11.9. The molecule has 0 spiro atoms. The molecular formula is C27H35N3O4. The maximum absolute atomic E-state index is 13.1. The number of amides is 3. The van der Waals surface area contributed by atoms with Gasteiger partial charge < -0.3 is 20.3 Å². The number of nitrogens with zero attached hydrogens (tertiary/aromatic N) is 1. The maximum Gasteiger partial charge on any atom is 0.253 e. The second-order valence-corrected chi connectivity index (χ2v) is 9.32. The van der Waals surface area contributed by atoms with Crippen LogP contribution in [0.25, 0.3) is 0 Å². The average Bonchev–Trinajstić information content (AvgIpc) is 2.85. The third-order valence-corrected chi connectivity index (χ3v) is 6.17. The van der Waals surface area contributed by atoms with Gasteiger partial charge in [-0.2, -0.15) is 0 Å². The molecular weight excluding hydrogens is 430 g/mol. The Balaban J connectivity index is 1.68. The van der Waals surface area contributed by atoms with Gasteiger partial charge in [-0.1, -0.05) is 31.5 Å². The molecule has 0 aliphatic carbocycles. The van der Waals surface area contributed by atoms with Gasteiger partial charge >= 0.3 is 0 Å². The van der Waals surface area contributed by atoms with E-state index in [9.17, 15) is 14.4 Å². The third-order valence-electron chi connectivity index (χ3n) is 6.17. The van der Waals surface area contributed by atoms with Gasteiger partial charge in [-0.05, 0) is 68.0 Å². The highest BCUT2D eigenvalue weighted by Gasteiger charge is 2.34. The van der Waals surface area contributed by atoms with Crippen molar-refractivity contribution >= 4 is 17.7 Å². The lowest BCUT2D eigenvalue weighted by Gasteiger charge is -2.36. The van der Waals surface area contributed by atoms with Crippen LogP contribution in [0, 0.1) is 18.8 Å². The molecule has 182 valence electrons. The monoisotopic (exact) mass is 465 g/mol. The fourth-order valence-electron chi connectivity index (χ4n) is 4.18. The summed E-state index contributed by atoms with van der Waals surface area (Å²) in [6, 6.07) is 13.7. The Labute approximate surface area is 201 Å². The highest BCUT2D eigenvalue weighted by Crippen LogP contribution is 2.23. The molecule has 34 heavy (non-hydrogen) atoms. The predicted octanol–water partition coefficient (Wildman–Crippen LogP) is 3.43. The lowest BCUT2D eigenvalue weighted by molar-refractivity contribution is -0.124. The zero-order valence-electron chi connectivity index (χ0n) is 20.5. The molecule has 1 aliphatic heterocycles. The number of rotatable bonds is 8. The first kappa shape index (κ1) is 25.3. The van der Waals surface area contributed by atoms with Gasteiger partial charge in [0.1, 0.15) is 11.8 Å². The fourth-order valence-corrected chi connectivity index (χ4v) is 4.18. The van der Waals surface area contributed by atoms with Crippen LogP contribution in [0.15, 0.2) is 48.5 Å². The van der Waals surface area contributed by atoms with Crippen LogP contribution in [-0.4, -0.2) is 55.4 Å². The van der Waals surface area contributed by atoms with Crippen molar-refractivity contribution in [3.05, 3.63) is 65.2 Å². The minimum atomic E-state index is -0.662.